The number of nitrogens with zero attached hydrogens (tertiary/aromatic N) is 2. The maximum atomic E-state index is 5.91. The lowest BCUT2D eigenvalue weighted by Crippen LogP contribution is -2.07. The molecule has 0 radical (unpaired) electrons. The van der Waals surface area contributed by atoms with Gasteiger partial charge >= 0.3 is 0 Å². The first-order chi connectivity index (χ1) is 7.70. The Bertz CT molecular complexity index is 470. The molecule has 1 aromatic carbocycles. The molecule has 0 aliphatic heterocycles. The molecule has 4 N–H and O–H groups in total. The zero-order chi connectivity index (χ0) is 11.5. The third kappa shape index (κ3) is 2.06. The van der Waals surface area contributed by atoms with Gasteiger partial charge in [-0.2, -0.15) is 5.10 Å². The highest BCUT2D eigenvalue weighted by Gasteiger charge is 2.05. The summed E-state index contributed by atoms with van der Waals surface area (Å²) in [6, 6.07) is 8.33. The van der Waals surface area contributed by atoms with E-state index >= 15 is 0 Å². The zero-order valence-corrected chi connectivity index (χ0v) is 9.35. The summed E-state index contributed by atoms with van der Waals surface area (Å²) in [6.45, 7) is 3.18. The first kappa shape index (κ1) is 10.7. The third-order valence-electron chi connectivity index (χ3n) is 2.63. The standard InChI is InChI=1S/C12H16N4/c1-9-2-4-10(5-3-9)8-16-12(14)11(6-13)7-15-16/h2-5,7H,6,8,13-14H2,1H3. The summed E-state index contributed by atoms with van der Waals surface area (Å²) in [5.74, 6) is 0.656. The normalized spacial score (nSPS) is 10.6. The Balaban J connectivity index is 2.20. The largest absolute Gasteiger partial charge is 0.384 e. The van der Waals surface area contributed by atoms with E-state index in [1.165, 1.54) is 11.1 Å². The molecule has 0 fully saturated rings. The van der Waals surface area contributed by atoms with E-state index in [4.69, 9.17) is 11.5 Å². The third-order valence-corrected chi connectivity index (χ3v) is 2.63. The molecule has 0 saturated carbocycles. The van der Waals surface area contributed by atoms with Gasteiger partial charge < -0.3 is 11.5 Å². The number of hydrogen-bond acceptors (Lipinski definition) is 3. The SMILES string of the molecule is Cc1ccc(Cn2ncc(CN)c2N)cc1. The molecule has 0 spiro atoms. The van der Waals surface area contributed by atoms with Crippen LogP contribution in [0.15, 0.2) is 30.5 Å². The molecule has 0 bridgehead atoms. The monoisotopic (exact) mass is 216 g/mol. The van der Waals surface area contributed by atoms with Gasteiger partial charge in [0.2, 0.25) is 0 Å². The topological polar surface area (TPSA) is 69.9 Å². The highest BCUT2D eigenvalue weighted by molar-refractivity contribution is 5.39. The Hall–Kier alpha value is -1.81. The van der Waals surface area contributed by atoms with Crippen molar-refractivity contribution >= 4 is 5.82 Å². The van der Waals surface area contributed by atoms with Crippen molar-refractivity contribution in [3.8, 4) is 0 Å². The van der Waals surface area contributed by atoms with Crippen LogP contribution in [0.2, 0.25) is 0 Å². The molecular formula is C12H16N4. The summed E-state index contributed by atoms with van der Waals surface area (Å²) in [5, 5.41) is 4.22. The summed E-state index contributed by atoms with van der Waals surface area (Å²) in [6.07, 6.45) is 1.73. The minimum atomic E-state index is 0.430. The molecule has 0 atom stereocenters. The lowest BCUT2D eigenvalue weighted by Gasteiger charge is -2.05. The lowest BCUT2D eigenvalue weighted by atomic mass is 10.1. The van der Waals surface area contributed by atoms with Crippen LogP contribution in [0.5, 0.6) is 0 Å². The fourth-order valence-electron chi connectivity index (χ4n) is 1.58. The minimum Gasteiger partial charge on any atom is -0.384 e. The molecule has 1 heterocycles. The fraction of sp³-hybridized carbons (Fsp3) is 0.250. The molecule has 2 rings (SSSR count). The molecule has 0 saturated heterocycles. The van der Waals surface area contributed by atoms with Crippen molar-refractivity contribution in [2.24, 2.45) is 5.73 Å². The van der Waals surface area contributed by atoms with Crippen molar-refractivity contribution in [2.75, 3.05) is 5.73 Å². The van der Waals surface area contributed by atoms with Crippen LogP contribution in [0.25, 0.3) is 0 Å². The highest BCUT2D eigenvalue weighted by Crippen LogP contribution is 2.12. The van der Waals surface area contributed by atoms with Crippen molar-refractivity contribution in [3.63, 3.8) is 0 Å². The van der Waals surface area contributed by atoms with Crippen molar-refractivity contribution in [3.05, 3.63) is 47.2 Å². The fourth-order valence-corrected chi connectivity index (χ4v) is 1.58. The van der Waals surface area contributed by atoms with Crippen LogP contribution < -0.4 is 11.5 Å². The Morgan fingerprint density at radius 1 is 1.25 bits per heavy atom. The molecule has 1 aromatic heterocycles. The highest BCUT2D eigenvalue weighted by atomic mass is 15.3. The zero-order valence-electron chi connectivity index (χ0n) is 9.35. The van der Waals surface area contributed by atoms with Gasteiger partial charge in [-0.15, -0.1) is 0 Å². The van der Waals surface area contributed by atoms with Crippen molar-refractivity contribution < 1.29 is 0 Å². The van der Waals surface area contributed by atoms with Gasteiger partial charge in [0.15, 0.2) is 0 Å². The summed E-state index contributed by atoms with van der Waals surface area (Å²) < 4.78 is 1.77. The molecule has 84 valence electrons. The first-order valence-corrected chi connectivity index (χ1v) is 5.26. The number of aromatic nitrogens is 2. The average molecular weight is 216 g/mol. The Morgan fingerprint density at radius 2 is 1.94 bits per heavy atom. The van der Waals surface area contributed by atoms with Crippen LogP contribution in [0.1, 0.15) is 16.7 Å². The van der Waals surface area contributed by atoms with Gasteiger partial charge in [0.05, 0.1) is 12.7 Å². The number of aryl methyl sites for hydroxylation is 1. The van der Waals surface area contributed by atoms with E-state index < -0.39 is 0 Å². The van der Waals surface area contributed by atoms with Gasteiger partial charge in [-0.25, -0.2) is 4.68 Å². The summed E-state index contributed by atoms with van der Waals surface area (Å²) in [4.78, 5) is 0. The second-order valence-electron chi connectivity index (χ2n) is 3.90. The Kier molecular flexibility index (Phi) is 2.92. The van der Waals surface area contributed by atoms with E-state index in [2.05, 4.69) is 36.3 Å². The van der Waals surface area contributed by atoms with Gasteiger partial charge in [-0.05, 0) is 12.5 Å². The molecule has 16 heavy (non-hydrogen) atoms. The number of rotatable bonds is 3. The van der Waals surface area contributed by atoms with Gasteiger partial charge in [0, 0.05) is 12.1 Å². The molecular weight excluding hydrogens is 200 g/mol. The summed E-state index contributed by atoms with van der Waals surface area (Å²) in [5.41, 5.74) is 14.8. The summed E-state index contributed by atoms with van der Waals surface area (Å²) >= 11 is 0. The number of anilines is 1. The number of benzene rings is 1. The Labute approximate surface area is 94.9 Å². The quantitative estimate of drug-likeness (QED) is 0.812. The molecule has 4 heteroatoms. The lowest BCUT2D eigenvalue weighted by molar-refractivity contribution is 0.696. The van der Waals surface area contributed by atoms with E-state index in [0.717, 1.165) is 5.56 Å². The van der Waals surface area contributed by atoms with E-state index in [-0.39, 0.29) is 0 Å². The maximum absolute atomic E-state index is 5.91. The van der Waals surface area contributed by atoms with Crippen molar-refractivity contribution in [2.45, 2.75) is 20.0 Å². The second-order valence-corrected chi connectivity index (χ2v) is 3.90. The van der Waals surface area contributed by atoms with Crippen LogP contribution in [-0.2, 0) is 13.1 Å². The van der Waals surface area contributed by atoms with Crippen LogP contribution >= 0.6 is 0 Å². The van der Waals surface area contributed by atoms with E-state index in [1.807, 2.05) is 0 Å². The molecule has 4 nitrogen and oxygen atoms in total. The number of nitrogen functional groups attached to an aromatic ring is 1. The van der Waals surface area contributed by atoms with Crippen LogP contribution in [0.3, 0.4) is 0 Å². The first-order valence-electron chi connectivity index (χ1n) is 5.26. The van der Waals surface area contributed by atoms with Crippen molar-refractivity contribution in [1.29, 1.82) is 0 Å². The smallest absolute Gasteiger partial charge is 0.126 e. The van der Waals surface area contributed by atoms with Gasteiger partial charge in [-0.1, -0.05) is 29.8 Å². The van der Waals surface area contributed by atoms with E-state index in [9.17, 15) is 0 Å². The van der Waals surface area contributed by atoms with Crippen molar-refractivity contribution in [1.82, 2.24) is 9.78 Å². The molecule has 2 aromatic rings. The number of hydrogen-bond donors (Lipinski definition) is 2. The van der Waals surface area contributed by atoms with Crippen LogP contribution in [0.4, 0.5) is 5.82 Å². The predicted octanol–water partition coefficient (Wildman–Crippen LogP) is 1.28. The Morgan fingerprint density at radius 3 is 2.50 bits per heavy atom. The molecule has 0 aliphatic carbocycles. The number of nitrogens with two attached hydrogens (primary N) is 2. The van der Waals surface area contributed by atoms with Crippen LogP contribution in [0, 0.1) is 6.92 Å². The molecule has 0 unspecified atom stereocenters. The van der Waals surface area contributed by atoms with Crippen LogP contribution in [-0.4, -0.2) is 9.78 Å². The van der Waals surface area contributed by atoms with E-state index in [0.29, 0.717) is 18.9 Å². The minimum absolute atomic E-state index is 0.430. The maximum Gasteiger partial charge on any atom is 0.126 e. The molecule has 0 aliphatic rings. The average Bonchev–Trinajstić information content (AvgIpc) is 2.63. The molecule has 0 amide bonds. The van der Waals surface area contributed by atoms with Gasteiger partial charge in [0.1, 0.15) is 5.82 Å². The summed E-state index contributed by atoms with van der Waals surface area (Å²) in [7, 11) is 0. The van der Waals surface area contributed by atoms with E-state index in [1.54, 1.807) is 10.9 Å². The predicted molar refractivity (Wildman–Crippen MR) is 64.8 cm³/mol. The van der Waals surface area contributed by atoms with Gasteiger partial charge in [0.25, 0.3) is 0 Å². The van der Waals surface area contributed by atoms with Gasteiger partial charge in [-0.3, -0.25) is 0 Å². The second kappa shape index (κ2) is 4.37.